The Labute approximate surface area is 199 Å². The Kier molecular flexibility index (Phi) is 7.34. The lowest BCUT2D eigenvalue weighted by atomic mass is 10.1. The van der Waals surface area contributed by atoms with Gasteiger partial charge in [0.25, 0.3) is 15.9 Å². The predicted molar refractivity (Wildman–Crippen MR) is 132 cm³/mol. The first-order valence-corrected chi connectivity index (χ1v) is 12.5. The number of carbonyl (C=O) groups excluding carboxylic acids is 1. The minimum Gasteiger partial charge on any atom is -0.494 e. The average molecular weight is 482 g/mol. The van der Waals surface area contributed by atoms with E-state index < -0.39 is 10.0 Å². The number of hydrogen-bond acceptors (Lipinski definition) is 6. The molecule has 178 valence electrons. The summed E-state index contributed by atoms with van der Waals surface area (Å²) in [5.74, 6) is 0.401. The summed E-state index contributed by atoms with van der Waals surface area (Å²) in [4.78, 5) is 14.9. The van der Waals surface area contributed by atoms with E-state index in [-0.39, 0.29) is 10.8 Å². The van der Waals surface area contributed by atoms with Crippen molar-refractivity contribution in [2.24, 2.45) is 0 Å². The topological polar surface area (TPSA) is 97.0 Å². The van der Waals surface area contributed by atoms with Gasteiger partial charge in [0.2, 0.25) is 0 Å². The van der Waals surface area contributed by atoms with Crippen LogP contribution in [0.1, 0.15) is 17.3 Å². The van der Waals surface area contributed by atoms with Gasteiger partial charge < -0.3 is 19.7 Å². The van der Waals surface area contributed by atoms with E-state index in [2.05, 4.69) is 14.9 Å². The molecule has 34 heavy (non-hydrogen) atoms. The highest BCUT2D eigenvalue weighted by Crippen LogP contribution is 2.22. The van der Waals surface area contributed by atoms with E-state index in [1.807, 2.05) is 19.1 Å². The number of amides is 1. The Morgan fingerprint density at radius 1 is 0.912 bits per heavy atom. The van der Waals surface area contributed by atoms with Gasteiger partial charge in [0, 0.05) is 35.7 Å². The molecule has 1 aliphatic rings. The second-order valence-corrected chi connectivity index (χ2v) is 9.37. The summed E-state index contributed by atoms with van der Waals surface area (Å²) in [7, 11) is -3.77. The van der Waals surface area contributed by atoms with E-state index in [4.69, 9.17) is 9.47 Å². The number of nitrogens with zero attached hydrogens (tertiary/aromatic N) is 1. The molecule has 0 atom stereocenters. The quantitative estimate of drug-likeness (QED) is 0.505. The normalized spacial score (nSPS) is 13.9. The molecule has 0 radical (unpaired) electrons. The summed E-state index contributed by atoms with van der Waals surface area (Å²) in [5.41, 5.74) is 2.50. The van der Waals surface area contributed by atoms with Crippen molar-refractivity contribution in [1.82, 2.24) is 0 Å². The number of rotatable bonds is 8. The third-order valence-electron chi connectivity index (χ3n) is 5.35. The molecule has 1 amide bonds. The molecular formula is C25H27N3O5S. The highest BCUT2D eigenvalue weighted by molar-refractivity contribution is 7.92. The van der Waals surface area contributed by atoms with E-state index >= 15 is 0 Å². The molecule has 1 fully saturated rings. The van der Waals surface area contributed by atoms with Crippen molar-refractivity contribution < 1.29 is 22.7 Å². The Hall–Kier alpha value is -3.56. The number of ether oxygens (including phenoxy) is 2. The molecule has 1 saturated heterocycles. The first-order chi connectivity index (χ1) is 16.4. The minimum absolute atomic E-state index is 0.0919. The molecule has 4 rings (SSSR count). The average Bonchev–Trinajstić information content (AvgIpc) is 2.86. The SMILES string of the molecule is CCOc1ccc(NS(=O)(=O)c2ccc(NC(=O)c3ccc(N4CCOCC4)cc3)cc2)cc1. The van der Waals surface area contributed by atoms with Gasteiger partial charge in [0.1, 0.15) is 5.75 Å². The zero-order valence-electron chi connectivity index (χ0n) is 18.9. The summed E-state index contributed by atoms with van der Waals surface area (Å²) in [6.07, 6.45) is 0. The molecule has 0 bridgehead atoms. The number of anilines is 3. The molecule has 3 aromatic rings. The number of carbonyl (C=O) groups is 1. The van der Waals surface area contributed by atoms with Gasteiger partial charge in [-0.3, -0.25) is 9.52 Å². The molecule has 1 heterocycles. The van der Waals surface area contributed by atoms with Crippen molar-refractivity contribution in [2.75, 3.05) is 47.8 Å². The van der Waals surface area contributed by atoms with Gasteiger partial charge in [0.05, 0.1) is 24.7 Å². The summed E-state index contributed by atoms with van der Waals surface area (Å²) in [5, 5.41) is 2.80. The van der Waals surface area contributed by atoms with Gasteiger partial charge in [-0.25, -0.2) is 8.42 Å². The Morgan fingerprint density at radius 2 is 1.53 bits per heavy atom. The van der Waals surface area contributed by atoms with E-state index in [0.29, 0.717) is 42.5 Å². The standard InChI is InChI=1S/C25H27N3O5S/c1-2-33-23-11-5-21(6-12-23)27-34(30,31)24-13-7-20(8-14-24)26-25(29)19-3-9-22(10-4-19)28-15-17-32-18-16-28/h3-14,27H,2,15-18H2,1H3,(H,26,29). The molecular weight excluding hydrogens is 454 g/mol. The third-order valence-corrected chi connectivity index (χ3v) is 6.74. The van der Waals surface area contributed by atoms with Gasteiger partial charge in [0.15, 0.2) is 0 Å². The maximum Gasteiger partial charge on any atom is 0.261 e. The van der Waals surface area contributed by atoms with Crippen molar-refractivity contribution in [2.45, 2.75) is 11.8 Å². The van der Waals surface area contributed by atoms with Gasteiger partial charge in [-0.15, -0.1) is 0 Å². The molecule has 9 heteroatoms. The van der Waals surface area contributed by atoms with Crippen LogP contribution < -0.4 is 19.7 Å². The van der Waals surface area contributed by atoms with E-state index in [0.717, 1.165) is 18.8 Å². The monoisotopic (exact) mass is 481 g/mol. The molecule has 3 aromatic carbocycles. The molecule has 0 aliphatic carbocycles. The fourth-order valence-corrected chi connectivity index (χ4v) is 4.62. The van der Waals surface area contributed by atoms with Crippen molar-refractivity contribution >= 4 is 33.0 Å². The largest absolute Gasteiger partial charge is 0.494 e. The van der Waals surface area contributed by atoms with Crippen molar-refractivity contribution in [3.05, 3.63) is 78.4 Å². The first kappa shape index (κ1) is 23.6. The van der Waals surface area contributed by atoms with Crippen molar-refractivity contribution in [3.63, 3.8) is 0 Å². The van der Waals surface area contributed by atoms with E-state index in [1.54, 1.807) is 48.5 Å². The van der Waals surface area contributed by atoms with Crippen LogP contribution in [0.15, 0.2) is 77.7 Å². The first-order valence-electron chi connectivity index (χ1n) is 11.0. The second-order valence-electron chi connectivity index (χ2n) is 7.69. The van der Waals surface area contributed by atoms with Crippen LogP contribution >= 0.6 is 0 Å². The summed E-state index contributed by atoms with van der Waals surface area (Å²) in [6.45, 7) is 5.47. The molecule has 8 nitrogen and oxygen atoms in total. The number of hydrogen-bond donors (Lipinski definition) is 2. The zero-order valence-corrected chi connectivity index (χ0v) is 19.7. The Morgan fingerprint density at radius 3 is 2.15 bits per heavy atom. The number of sulfonamides is 1. The van der Waals surface area contributed by atoms with Crippen LogP contribution in [0, 0.1) is 0 Å². The van der Waals surface area contributed by atoms with E-state index in [1.165, 1.54) is 12.1 Å². The van der Waals surface area contributed by atoms with Gasteiger partial charge in [-0.1, -0.05) is 0 Å². The number of benzene rings is 3. The van der Waals surface area contributed by atoms with Crippen LogP contribution in [0.25, 0.3) is 0 Å². The van der Waals surface area contributed by atoms with Crippen LogP contribution in [0.5, 0.6) is 5.75 Å². The summed E-state index contributed by atoms with van der Waals surface area (Å²) < 4.78 is 38.7. The van der Waals surface area contributed by atoms with Crippen LogP contribution in [-0.4, -0.2) is 47.2 Å². The Bertz CT molecular complexity index is 1200. The smallest absolute Gasteiger partial charge is 0.261 e. The Balaban J connectivity index is 1.37. The van der Waals surface area contributed by atoms with Crippen molar-refractivity contribution in [1.29, 1.82) is 0 Å². The van der Waals surface area contributed by atoms with Gasteiger partial charge >= 0.3 is 0 Å². The highest BCUT2D eigenvalue weighted by atomic mass is 32.2. The predicted octanol–water partition coefficient (Wildman–Crippen LogP) is 3.98. The van der Waals surface area contributed by atoms with Crippen molar-refractivity contribution in [3.8, 4) is 5.75 Å². The fraction of sp³-hybridized carbons (Fsp3) is 0.240. The maximum atomic E-state index is 12.7. The third kappa shape index (κ3) is 5.86. The van der Waals surface area contributed by atoms with Gasteiger partial charge in [-0.2, -0.15) is 0 Å². The molecule has 0 spiro atoms. The number of nitrogens with one attached hydrogen (secondary N) is 2. The zero-order chi connectivity index (χ0) is 24.0. The maximum absolute atomic E-state index is 12.7. The minimum atomic E-state index is -3.77. The lowest BCUT2D eigenvalue weighted by Crippen LogP contribution is -2.36. The highest BCUT2D eigenvalue weighted by Gasteiger charge is 2.15. The molecule has 0 saturated carbocycles. The molecule has 2 N–H and O–H groups in total. The van der Waals surface area contributed by atoms with Crippen LogP contribution in [0.3, 0.4) is 0 Å². The van der Waals surface area contributed by atoms with E-state index in [9.17, 15) is 13.2 Å². The summed E-state index contributed by atoms with van der Waals surface area (Å²) in [6, 6.07) is 20.1. The van der Waals surface area contributed by atoms with Crippen LogP contribution in [0.4, 0.5) is 17.1 Å². The lowest BCUT2D eigenvalue weighted by molar-refractivity contribution is 0.102. The molecule has 0 aromatic heterocycles. The fourth-order valence-electron chi connectivity index (χ4n) is 3.57. The van der Waals surface area contributed by atoms with Crippen LogP contribution in [-0.2, 0) is 14.8 Å². The molecule has 1 aliphatic heterocycles. The number of morpholine rings is 1. The van der Waals surface area contributed by atoms with Gasteiger partial charge in [-0.05, 0) is 79.7 Å². The molecule has 0 unspecified atom stereocenters. The summed E-state index contributed by atoms with van der Waals surface area (Å²) >= 11 is 0. The second kappa shape index (κ2) is 10.6. The van der Waals surface area contributed by atoms with Crippen LogP contribution in [0.2, 0.25) is 0 Å². The lowest BCUT2D eigenvalue weighted by Gasteiger charge is -2.28.